The van der Waals surface area contributed by atoms with Gasteiger partial charge in [0, 0.05) is 18.0 Å². The van der Waals surface area contributed by atoms with Gasteiger partial charge in [0.05, 0.1) is 5.03 Å². The topological polar surface area (TPSA) is 68.0 Å². The van der Waals surface area contributed by atoms with Gasteiger partial charge in [-0.3, -0.25) is 4.79 Å². The largest absolute Gasteiger partial charge is 0.368 e. The Hall–Kier alpha value is -1.07. The van der Waals surface area contributed by atoms with E-state index in [1.54, 1.807) is 6.20 Å². The molecule has 0 saturated heterocycles. The molecule has 1 unspecified atom stereocenters. The molecule has 1 amide bonds. The van der Waals surface area contributed by atoms with Crippen molar-refractivity contribution >= 4 is 17.7 Å². The summed E-state index contributed by atoms with van der Waals surface area (Å²) >= 11 is 1.52. The van der Waals surface area contributed by atoms with E-state index in [2.05, 4.69) is 10.3 Å². The summed E-state index contributed by atoms with van der Waals surface area (Å²) in [5, 5.41) is 4.10. The number of pyridine rings is 1. The van der Waals surface area contributed by atoms with E-state index < -0.39 is 5.54 Å². The number of amides is 1. The maximum atomic E-state index is 11.5. The fraction of sp³-hybridized carbons (Fsp3) is 0.500. The molecule has 0 aliphatic heterocycles. The molecule has 5 heteroatoms. The lowest BCUT2D eigenvalue weighted by Crippen LogP contribution is -2.57. The second kappa shape index (κ2) is 6.02. The normalized spacial score (nSPS) is 14.6. The van der Waals surface area contributed by atoms with E-state index in [0.717, 1.165) is 5.03 Å². The number of aromatic nitrogens is 1. The minimum Gasteiger partial charge on any atom is -0.368 e. The monoisotopic (exact) mass is 253 g/mol. The van der Waals surface area contributed by atoms with Crippen LogP contribution in [0.3, 0.4) is 0 Å². The van der Waals surface area contributed by atoms with Crippen LogP contribution < -0.4 is 11.1 Å². The van der Waals surface area contributed by atoms with Crippen molar-refractivity contribution in [1.82, 2.24) is 10.3 Å². The van der Waals surface area contributed by atoms with E-state index in [1.807, 2.05) is 39.0 Å². The molecule has 0 aromatic carbocycles. The number of nitrogens with zero attached hydrogens (tertiary/aromatic N) is 1. The molecule has 17 heavy (non-hydrogen) atoms. The molecule has 1 atom stereocenters. The summed E-state index contributed by atoms with van der Waals surface area (Å²) in [5.41, 5.74) is 4.74. The molecule has 1 aromatic heterocycles. The fourth-order valence-electron chi connectivity index (χ4n) is 1.47. The van der Waals surface area contributed by atoms with Crippen LogP contribution in [0.2, 0.25) is 0 Å². The smallest absolute Gasteiger partial charge is 0.238 e. The lowest BCUT2D eigenvalue weighted by Gasteiger charge is -2.29. The van der Waals surface area contributed by atoms with Gasteiger partial charge in [-0.1, -0.05) is 6.07 Å². The van der Waals surface area contributed by atoms with Crippen LogP contribution in [-0.2, 0) is 4.79 Å². The van der Waals surface area contributed by atoms with Gasteiger partial charge in [0.2, 0.25) is 5.91 Å². The number of rotatable bonds is 6. The summed E-state index contributed by atoms with van der Waals surface area (Å²) in [6.07, 6.45) is 1.74. The number of carbonyl (C=O) groups is 1. The SMILES string of the molecule is CC(C)NC(C)(CSc1ccccn1)C(N)=O. The van der Waals surface area contributed by atoms with Crippen LogP contribution in [0.15, 0.2) is 29.4 Å². The van der Waals surface area contributed by atoms with Gasteiger partial charge < -0.3 is 11.1 Å². The van der Waals surface area contributed by atoms with Crippen molar-refractivity contribution in [3.63, 3.8) is 0 Å². The highest BCUT2D eigenvalue weighted by molar-refractivity contribution is 7.99. The Morgan fingerprint density at radius 3 is 2.76 bits per heavy atom. The van der Waals surface area contributed by atoms with Crippen molar-refractivity contribution in [2.45, 2.75) is 37.4 Å². The molecule has 4 nitrogen and oxygen atoms in total. The zero-order valence-corrected chi connectivity index (χ0v) is 11.3. The number of hydrogen-bond donors (Lipinski definition) is 2. The van der Waals surface area contributed by atoms with Crippen molar-refractivity contribution in [1.29, 1.82) is 0 Å². The van der Waals surface area contributed by atoms with E-state index in [9.17, 15) is 4.79 Å². The molecule has 0 bridgehead atoms. The van der Waals surface area contributed by atoms with Crippen molar-refractivity contribution in [2.24, 2.45) is 5.73 Å². The third-order valence-electron chi connectivity index (χ3n) is 2.30. The van der Waals surface area contributed by atoms with Crippen LogP contribution in [-0.4, -0.2) is 28.2 Å². The second-order valence-electron chi connectivity index (χ2n) is 4.45. The molecule has 3 N–H and O–H groups in total. The molecule has 0 aliphatic carbocycles. The zero-order chi connectivity index (χ0) is 12.9. The van der Waals surface area contributed by atoms with Crippen LogP contribution in [0, 0.1) is 0 Å². The molecule has 0 spiro atoms. The van der Waals surface area contributed by atoms with Crippen LogP contribution >= 0.6 is 11.8 Å². The molecule has 0 radical (unpaired) electrons. The van der Waals surface area contributed by atoms with Crippen molar-refractivity contribution < 1.29 is 4.79 Å². The van der Waals surface area contributed by atoms with Gasteiger partial charge in [0.25, 0.3) is 0 Å². The third kappa shape index (κ3) is 4.36. The van der Waals surface area contributed by atoms with Crippen LogP contribution in [0.4, 0.5) is 0 Å². The molecule has 1 aromatic rings. The number of carbonyl (C=O) groups excluding carboxylic acids is 1. The van der Waals surface area contributed by atoms with E-state index in [1.165, 1.54) is 11.8 Å². The summed E-state index contributed by atoms with van der Waals surface area (Å²) in [5.74, 6) is 0.229. The average Bonchev–Trinajstić information content (AvgIpc) is 2.27. The quantitative estimate of drug-likeness (QED) is 0.752. The molecule has 1 heterocycles. The first kappa shape index (κ1) is 14.0. The third-order valence-corrected chi connectivity index (χ3v) is 3.56. The summed E-state index contributed by atoms with van der Waals surface area (Å²) in [6.45, 7) is 5.81. The molecular weight excluding hydrogens is 234 g/mol. The van der Waals surface area contributed by atoms with Crippen LogP contribution in [0.5, 0.6) is 0 Å². The van der Waals surface area contributed by atoms with Gasteiger partial charge in [-0.25, -0.2) is 4.98 Å². The molecule has 0 fully saturated rings. The van der Waals surface area contributed by atoms with Gasteiger partial charge in [0.15, 0.2) is 0 Å². The number of primary amides is 1. The minimum atomic E-state index is -0.712. The lowest BCUT2D eigenvalue weighted by atomic mass is 10.0. The number of nitrogens with one attached hydrogen (secondary N) is 1. The van der Waals surface area contributed by atoms with E-state index in [-0.39, 0.29) is 11.9 Å². The zero-order valence-electron chi connectivity index (χ0n) is 10.4. The fourth-order valence-corrected chi connectivity index (χ4v) is 2.44. The Kier molecular flexibility index (Phi) is 4.96. The first-order chi connectivity index (χ1) is 7.94. The molecule has 0 saturated carbocycles. The predicted octanol–water partition coefficient (Wildman–Crippen LogP) is 1.42. The van der Waals surface area contributed by atoms with Gasteiger partial charge in [-0.15, -0.1) is 11.8 Å². The maximum absolute atomic E-state index is 11.5. The first-order valence-electron chi connectivity index (χ1n) is 5.55. The minimum absolute atomic E-state index is 0.205. The Labute approximate surface area is 106 Å². The van der Waals surface area contributed by atoms with E-state index in [0.29, 0.717) is 5.75 Å². The molecule has 94 valence electrons. The standard InChI is InChI=1S/C12H19N3OS/c1-9(2)15-12(3,11(13)16)8-17-10-6-4-5-7-14-10/h4-7,9,15H,8H2,1-3H3,(H2,13,16). The van der Waals surface area contributed by atoms with Crippen LogP contribution in [0.1, 0.15) is 20.8 Å². The molecular formula is C12H19N3OS. The average molecular weight is 253 g/mol. The number of hydrogen-bond acceptors (Lipinski definition) is 4. The van der Waals surface area contributed by atoms with E-state index in [4.69, 9.17) is 5.73 Å². The molecule has 1 rings (SSSR count). The van der Waals surface area contributed by atoms with Gasteiger partial charge in [-0.05, 0) is 32.9 Å². The second-order valence-corrected chi connectivity index (χ2v) is 5.45. The van der Waals surface area contributed by atoms with E-state index >= 15 is 0 Å². The highest BCUT2D eigenvalue weighted by Gasteiger charge is 2.31. The van der Waals surface area contributed by atoms with Gasteiger partial charge >= 0.3 is 0 Å². The summed E-state index contributed by atoms with van der Waals surface area (Å²) in [7, 11) is 0. The lowest BCUT2D eigenvalue weighted by molar-refractivity contribution is -0.123. The number of thioether (sulfide) groups is 1. The first-order valence-corrected chi connectivity index (χ1v) is 6.54. The number of nitrogens with two attached hydrogens (primary N) is 1. The Bertz CT molecular complexity index is 369. The van der Waals surface area contributed by atoms with Crippen molar-refractivity contribution in [3.05, 3.63) is 24.4 Å². The van der Waals surface area contributed by atoms with Crippen molar-refractivity contribution in [2.75, 3.05) is 5.75 Å². The molecule has 0 aliphatic rings. The van der Waals surface area contributed by atoms with Crippen LogP contribution in [0.25, 0.3) is 0 Å². The Morgan fingerprint density at radius 2 is 2.29 bits per heavy atom. The van der Waals surface area contributed by atoms with Crippen molar-refractivity contribution in [3.8, 4) is 0 Å². The Balaban J connectivity index is 2.65. The summed E-state index contributed by atoms with van der Waals surface area (Å²) in [6, 6.07) is 5.91. The summed E-state index contributed by atoms with van der Waals surface area (Å²) in [4.78, 5) is 15.7. The van der Waals surface area contributed by atoms with Gasteiger partial charge in [-0.2, -0.15) is 0 Å². The van der Waals surface area contributed by atoms with Gasteiger partial charge in [0.1, 0.15) is 5.54 Å². The Morgan fingerprint density at radius 1 is 1.59 bits per heavy atom. The maximum Gasteiger partial charge on any atom is 0.238 e. The summed E-state index contributed by atoms with van der Waals surface area (Å²) < 4.78 is 0. The highest BCUT2D eigenvalue weighted by Crippen LogP contribution is 2.20. The highest BCUT2D eigenvalue weighted by atomic mass is 32.2. The predicted molar refractivity (Wildman–Crippen MR) is 70.8 cm³/mol.